The molecule has 0 aliphatic carbocycles. The fraction of sp³-hybridized carbons (Fsp3) is 0.143. The first-order valence-electron chi connectivity index (χ1n) is 5.41. The van der Waals surface area contributed by atoms with E-state index in [0.717, 1.165) is 5.56 Å². The molecule has 0 bridgehead atoms. The van der Waals surface area contributed by atoms with Crippen LogP contribution in [0.4, 0.5) is 10.1 Å². The Morgan fingerprint density at radius 3 is 2.59 bits per heavy atom. The van der Waals surface area contributed by atoms with E-state index in [1.165, 1.54) is 6.07 Å². The summed E-state index contributed by atoms with van der Waals surface area (Å²) in [6, 6.07) is 14.1. The van der Waals surface area contributed by atoms with E-state index in [9.17, 15) is 4.39 Å². The minimum Gasteiger partial charge on any atom is -0.399 e. The van der Waals surface area contributed by atoms with Crippen LogP contribution in [-0.2, 0) is 18.0 Å². The molecule has 0 aliphatic heterocycles. The number of nitrogen functional groups attached to an aromatic ring is 1. The summed E-state index contributed by atoms with van der Waals surface area (Å²) >= 11 is 0. The Labute approximate surface area is 99.8 Å². The molecule has 0 amide bonds. The Balaban J connectivity index is 1.90. The summed E-state index contributed by atoms with van der Waals surface area (Å²) < 4.78 is 18.7. The highest BCUT2D eigenvalue weighted by molar-refractivity contribution is 5.40. The number of benzene rings is 2. The highest BCUT2D eigenvalue weighted by Crippen LogP contribution is 2.11. The maximum atomic E-state index is 13.3. The monoisotopic (exact) mass is 231 g/mol. The molecule has 0 unspecified atom stereocenters. The minimum absolute atomic E-state index is 0.236. The van der Waals surface area contributed by atoms with Crippen molar-refractivity contribution in [2.24, 2.45) is 0 Å². The predicted molar refractivity (Wildman–Crippen MR) is 65.7 cm³/mol. The average molecular weight is 231 g/mol. The van der Waals surface area contributed by atoms with Gasteiger partial charge in [0.1, 0.15) is 5.82 Å². The molecule has 2 nitrogen and oxygen atoms in total. The number of ether oxygens (including phenoxy) is 1. The fourth-order valence-corrected chi connectivity index (χ4v) is 1.58. The number of nitrogens with two attached hydrogens (primary N) is 1. The van der Waals surface area contributed by atoms with E-state index in [-0.39, 0.29) is 12.4 Å². The number of anilines is 1. The summed E-state index contributed by atoms with van der Waals surface area (Å²) in [5.41, 5.74) is 7.91. The molecule has 2 aromatic rings. The molecule has 2 N–H and O–H groups in total. The average Bonchev–Trinajstić information content (AvgIpc) is 2.32. The van der Waals surface area contributed by atoms with Crippen LogP contribution in [0.3, 0.4) is 0 Å². The number of hydrogen-bond acceptors (Lipinski definition) is 2. The van der Waals surface area contributed by atoms with Crippen molar-refractivity contribution in [3.05, 3.63) is 65.5 Å². The zero-order valence-electron chi connectivity index (χ0n) is 9.40. The van der Waals surface area contributed by atoms with Gasteiger partial charge in [-0.05, 0) is 23.8 Å². The van der Waals surface area contributed by atoms with Crippen molar-refractivity contribution in [2.45, 2.75) is 13.2 Å². The van der Waals surface area contributed by atoms with Crippen molar-refractivity contribution in [2.75, 3.05) is 5.73 Å². The Hall–Kier alpha value is -1.87. The van der Waals surface area contributed by atoms with Crippen LogP contribution in [0.2, 0.25) is 0 Å². The molecule has 2 aromatic carbocycles. The maximum Gasteiger partial charge on any atom is 0.128 e. The normalized spacial score (nSPS) is 10.4. The lowest BCUT2D eigenvalue weighted by Gasteiger charge is -2.06. The predicted octanol–water partition coefficient (Wildman–Crippen LogP) is 3.12. The molecule has 0 radical (unpaired) electrons. The molecule has 0 spiro atoms. The first-order valence-corrected chi connectivity index (χ1v) is 5.41. The van der Waals surface area contributed by atoms with Gasteiger partial charge in [-0.25, -0.2) is 4.39 Å². The molecule has 17 heavy (non-hydrogen) atoms. The van der Waals surface area contributed by atoms with Crippen molar-refractivity contribution in [3.63, 3.8) is 0 Å². The standard InChI is InChI=1S/C14H14FNO/c15-14-7-2-1-5-12(14)10-17-9-11-4-3-6-13(16)8-11/h1-8H,9-10,16H2. The van der Waals surface area contributed by atoms with Crippen LogP contribution in [-0.4, -0.2) is 0 Å². The van der Waals surface area contributed by atoms with Gasteiger partial charge in [-0.1, -0.05) is 30.3 Å². The van der Waals surface area contributed by atoms with Gasteiger partial charge in [0.15, 0.2) is 0 Å². The second-order valence-electron chi connectivity index (χ2n) is 3.83. The van der Waals surface area contributed by atoms with Crippen LogP contribution in [0.25, 0.3) is 0 Å². The van der Waals surface area contributed by atoms with Crippen molar-refractivity contribution >= 4 is 5.69 Å². The smallest absolute Gasteiger partial charge is 0.128 e. The van der Waals surface area contributed by atoms with E-state index in [1.807, 2.05) is 24.3 Å². The van der Waals surface area contributed by atoms with Gasteiger partial charge in [0.25, 0.3) is 0 Å². The van der Waals surface area contributed by atoms with Crippen molar-refractivity contribution in [3.8, 4) is 0 Å². The highest BCUT2D eigenvalue weighted by atomic mass is 19.1. The van der Waals surface area contributed by atoms with Gasteiger partial charge in [-0.2, -0.15) is 0 Å². The first kappa shape index (κ1) is 11.6. The molecule has 0 atom stereocenters. The molecule has 0 aromatic heterocycles. The minimum atomic E-state index is -0.236. The first-order chi connectivity index (χ1) is 8.25. The molecule has 3 heteroatoms. The third-order valence-corrected chi connectivity index (χ3v) is 2.44. The van der Waals surface area contributed by atoms with Crippen LogP contribution < -0.4 is 5.73 Å². The van der Waals surface area contributed by atoms with Crippen LogP contribution in [0.1, 0.15) is 11.1 Å². The lowest BCUT2D eigenvalue weighted by molar-refractivity contribution is 0.105. The van der Waals surface area contributed by atoms with E-state index in [4.69, 9.17) is 10.5 Å². The van der Waals surface area contributed by atoms with Crippen LogP contribution in [0.5, 0.6) is 0 Å². The topological polar surface area (TPSA) is 35.2 Å². The highest BCUT2D eigenvalue weighted by Gasteiger charge is 2.00. The van der Waals surface area contributed by atoms with Gasteiger partial charge in [0, 0.05) is 11.3 Å². The Morgan fingerprint density at radius 1 is 1.00 bits per heavy atom. The van der Waals surface area contributed by atoms with Crippen LogP contribution in [0, 0.1) is 5.82 Å². The van der Waals surface area contributed by atoms with E-state index in [0.29, 0.717) is 17.9 Å². The van der Waals surface area contributed by atoms with E-state index in [2.05, 4.69) is 0 Å². The third kappa shape index (κ3) is 3.29. The van der Waals surface area contributed by atoms with Crippen LogP contribution >= 0.6 is 0 Å². The van der Waals surface area contributed by atoms with Crippen LogP contribution in [0.15, 0.2) is 48.5 Å². The van der Waals surface area contributed by atoms with Gasteiger partial charge >= 0.3 is 0 Å². The SMILES string of the molecule is Nc1cccc(COCc2ccccc2F)c1. The van der Waals surface area contributed by atoms with Crippen molar-refractivity contribution in [1.82, 2.24) is 0 Å². The second kappa shape index (κ2) is 5.46. The molecule has 0 saturated heterocycles. The Bertz CT molecular complexity index is 499. The fourth-order valence-electron chi connectivity index (χ4n) is 1.58. The maximum absolute atomic E-state index is 13.3. The number of rotatable bonds is 4. The number of halogens is 1. The molecule has 88 valence electrons. The van der Waals surface area contributed by atoms with E-state index >= 15 is 0 Å². The summed E-state index contributed by atoms with van der Waals surface area (Å²) in [7, 11) is 0. The molecule has 0 heterocycles. The number of hydrogen-bond donors (Lipinski definition) is 1. The summed E-state index contributed by atoms with van der Waals surface area (Å²) in [6.45, 7) is 0.695. The van der Waals surface area contributed by atoms with E-state index in [1.54, 1.807) is 18.2 Å². The summed E-state index contributed by atoms with van der Waals surface area (Å²) in [5, 5.41) is 0. The second-order valence-corrected chi connectivity index (χ2v) is 3.83. The van der Waals surface area contributed by atoms with Crippen molar-refractivity contribution in [1.29, 1.82) is 0 Å². The Kier molecular flexibility index (Phi) is 3.73. The quantitative estimate of drug-likeness (QED) is 0.820. The summed E-state index contributed by atoms with van der Waals surface area (Å²) in [6.07, 6.45) is 0. The summed E-state index contributed by atoms with van der Waals surface area (Å²) in [5.74, 6) is -0.236. The summed E-state index contributed by atoms with van der Waals surface area (Å²) in [4.78, 5) is 0. The molecular weight excluding hydrogens is 217 g/mol. The van der Waals surface area contributed by atoms with Crippen molar-refractivity contribution < 1.29 is 9.13 Å². The van der Waals surface area contributed by atoms with Gasteiger partial charge in [0.2, 0.25) is 0 Å². The molecule has 0 saturated carbocycles. The van der Waals surface area contributed by atoms with E-state index < -0.39 is 0 Å². The third-order valence-electron chi connectivity index (χ3n) is 2.44. The lowest BCUT2D eigenvalue weighted by Crippen LogP contribution is -1.97. The molecular formula is C14H14FNO. The zero-order valence-corrected chi connectivity index (χ0v) is 9.40. The molecule has 0 fully saturated rings. The largest absolute Gasteiger partial charge is 0.399 e. The zero-order chi connectivity index (χ0) is 12.1. The van der Waals surface area contributed by atoms with Gasteiger partial charge in [-0.3, -0.25) is 0 Å². The van der Waals surface area contributed by atoms with Gasteiger partial charge in [0.05, 0.1) is 13.2 Å². The Morgan fingerprint density at radius 2 is 1.82 bits per heavy atom. The molecule has 0 aliphatic rings. The lowest BCUT2D eigenvalue weighted by atomic mass is 10.2. The van der Waals surface area contributed by atoms with Gasteiger partial charge in [-0.15, -0.1) is 0 Å². The molecule has 2 rings (SSSR count). The van der Waals surface area contributed by atoms with Gasteiger partial charge < -0.3 is 10.5 Å².